The Labute approximate surface area is 77.4 Å². The number of hydrogen-bond acceptors (Lipinski definition) is 4. The molecule has 2 atom stereocenters. The summed E-state index contributed by atoms with van der Waals surface area (Å²) in [6, 6.07) is -0.522. The highest BCUT2D eigenvalue weighted by Crippen LogP contribution is 2.09. The molecule has 1 saturated heterocycles. The van der Waals surface area contributed by atoms with Crippen LogP contribution in [0.5, 0.6) is 0 Å². The third-order valence-corrected chi connectivity index (χ3v) is 2.25. The van der Waals surface area contributed by atoms with Crippen molar-refractivity contribution >= 4 is 5.91 Å². The Morgan fingerprint density at radius 2 is 2.38 bits per heavy atom. The van der Waals surface area contributed by atoms with Gasteiger partial charge in [0.25, 0.3) is 5.91 Å². The van der Waals surface area contributed by atoms with Gasteiger partial charge in [-0.1, -0.05) is 0 Å². The second-order valence-corrected chi connectivity index (χ2v) is 3.87. The number of aliphatic hydroxyl groups is 1. The van der Waals surface area contributed by atoms with E-state index in [0.29, 0.717) is 6.61 Å². The monoisotopic (exact) mass is 188 g/mol. The highest BCUT2D eigenvalue weighted by molar-refractivity contribution is 5.82. The van der Waals surface area contributed by atoms with Crippen molar-refractivity contribution in [2.45, 2.75) is 38.5 Å². The fourth-order valence-electron chi connectivity index (χ4n) is 0.972. The van der Waals surface area contributed by atoms with E-state index in [4.69, 9.17) is 4.84 Å². The predicted molar refractivity (Wildman–Crippen MR) is 46.8 cm³/mol. The van der Waals surface area contributed by atoms with Crippen molar-refractivity contribution in [2.24, 2.45) is 0 Å². The number of carbonyl (C=O) groups excluding carboxylic acids is 1. The van der Waals surface area contributed by atoms with Crippen LogP contribution in [-0.4, -0.2) is 35.3 Å². The van der Waals surface area contributed by atoms with Gasteiger partial charge in [0.05, 0.1) is 12.2 Å². The Morgan fingerprint density at radius 1 is 1.77 bits per heavy atom. The quantitative estimate of drug-likeness (QED) is 0.540. The summed E-state index contributed by atoms with van der Waals surface area (Å²) in [5, 5.41) is 12.6. The second-order valence-electron chi connectivity index (χ2n) is 3.87. The molecule has 1 amide bonds. The third kappa shape index (κ3) is 2.65. The highest BCUT2D eigenvalue weighted by atomic mass is 16.7. The van der Waals surface area contributed by atoms with Gasteiger partial charge < -0.3 is 5.11 Å². The van der Waals surface area contributed by atoms with E-state index in [1.807, 2.05) is 6.92 Å². The fraction of sp³-hybridized carbons (Fsp3) is 0.875. The SMILES string of the molecule is CC(NC1CONC1=O)C(C)(C)O. The van der Waals surface area contributed by atoms with Crippen LogP contribution in [0.15, 0.2) is 0 Å². The van der Waals surface area contributed by atoms with Gasteiger partial charge in [-0.25, -0.2) is 5.48 Å². The first-order valence-electron chi connectivity index (χ1n) is 4.31. The van der Waals surface area contributed by atoms with E-state index in [0.717, 1.165) is 0 Å². The summed E-state index contributed by atoms with van der Waals surface area (Å²) in [4.78, 5) is 15.8. The standard InChI is InChI=1S/C8H16N2O3/c1-5(8(2,3)12)9-6-4-13-10-7(6)11/h5-6,9,12H,4H2,1-3H3,(H,10,11). The summed E-state index contributed by atoms with van der Waals surface area (Å²) in [5.74, 6) is -0.184. The molecule has 0 aromatic heterocycles. The van der Waals surface area contributed by atoms with Crippen molar-refractivity contribution in [1.29, 1.82) is 0 Å². The molecule has 1 aliphatic heterocycles. The molecule has 3 N–H and O–H groups in total. The van der Waals surface area contributed by atoms with Crippen LogP contribution in [0.2, 0.25) is 0 Å². The Balaban J connectivity index is 2.44. The molecule has 1 heterocycles. The summed E-state index contributed by atoms with van der Waals surface area (Å²) in [7, 11) is 0. The molecule has 0 aromatic carbocycles. The van der Waals surface area contributed by atoms with Crippen LogP contribution in [0.3, 0.4) is 0 Å². The Morgan fingerprint density at radius 3 is 2.77 bits per heavy atom. The summed E-state index contributed by atoms with van der Waals surface area (Å²) < 4.78 is 0. The maximum atomic E-state index is 11.1. The van der Waals surface area contributed by atoms with Crippen LogP contribution < -0.4 is 10.8 Å². The van der Waals surface area contributed by atoms with Crippen molar-refractivity contribution in [3.63, 3.8) is 0 Å². The average Bonchev–Trinajstić information content (AvgIpc) is 2.34. The second kappa shape index (κ2) is 3.61. The molecule has 76 valence electrons. The fourth-order valence-corrected chi connectivity index (χ4v) is 0.972. The van der Waals surface area contributed by atoms with E-state index in [1.165, 1.54) is 0 Å². The van der Waals surface area contributed by atoms with Gasteiger partial charge in [-0.3, -0.25) is 14.9 Å². The molecule has 13 heavy (non-hydrogen) atoms. The van der Waals surface area contributed by atoms with Gasteiger partial charge in [0.2, 0.25) is 0 Å². The van der Waals surface area contributed by atoms with Crippen molar-refractivity contribution in [3.05, 3.63) is 0 Å². The molecule has 0 aromatic rings. The molecule has 1 rings (SSSR count). The number of carbonyl (C=O) groups is 1. The molecule has 0 bridgehead atoms. The van der Waals surface area contributed by atoms with E-state index < -0.39 is 5.60 Å². The molecule has 5 heteroatoms. The van der Waals surface area contributed by atoms with Gasteiger partial charge in [0.15, 0.2) is 0 Å². The van der Waals surface area contributed by atoms with Crippen LogP contribution in [-0.2, 0) is 9.63 Å². The topological polar surface area (TPSA) is 70.6 Å². The predicted octanol–water partition coefficient (Wildman–Crippen LogP) is -0.835. The summed E-state index contributed by atoms with van der Waals surface area (Å²) in [6.45, 7) is 5.52. The third-order valence-electron chi connectivity index (χ3n) is 2.25. The van der Waals surface area contributed by atoms with Gasteiger partial charge in [-0.05, 0) is 20.8 Å². The zero-order valence-corrected chi connectivity index (χ0v) is 8.13. The van der Waals surface area contributed by atoms with Gasteiger partial charge >= 0.3 is 0 Å². The zero-order valence-electron chi connectivity index (χ0n) is 8.13. The van der Waals surface area contributed by atoms with E-state index >= 15 is 0 Å². The van der Waals surface area contributed by atoms with Gasteiger partial charge in [-0.15, -0.1) is 0 Å². The first-order valence-corrected chi connectivity index (χ1v) is 4.31. The lowest BCUT2D eigenvalue weighted by molar-refractivity contribution is -0.125. The van der Waals surface area contributed by atoms with Crippen LogP contribution in [0.25, 0.3) is 0 Å². The minimum Gasteiger partial charge on any atom is -0.389 e. The lowest BCUT2D eigenvalue weighted by Gasteiger charge is -2.28. The molecule has 0 aliphatic carbocycles. The van der Waals surface area contributed by atoms with Crippen molar-refractivity contribution in [1.82, 2.24) is 10.8 Å². The van der Waals surface area contributed by atoms with Crippen molar-refractivity contribution in [3.8, 4) is 0 Å². The van der Waals surface area contributed by atoms with E-state index in [1.54, 1.807) is 13.8 Å². The molecule has 0 spiro atoms. The summed E-state index contributed by atoms with van der Waals surface area (Å²) in [5.41, 5.74) is 1.40. The molecule has 5 nitrogen and oxygen atoms in total. The number of amides is 1. The summed E-state index contributed by atoms with van der Waals surface area (Å²) in [6.07, 6.45) is 0. The maximum absolute atomic E-state index is 11.1. The molecule has 0 radical (unpaired) electrons. The first kappa shape index (κ1) is 10.4. The van der Waals surface area contributed by atoms with Crippen LogP contribution in [0, 0.1) is 0 Å². The van der Waals surface area contributed by atoms with Gasteiger partial charge in [0.1, 0.15) is 6.04 Å². The molecule has 1 fully saturated rings. The highest BCUT2D eigenvalue weighted by Gasteiger charge is 2.31. The van der Waals surface area contributed by atoms with Crippen LogP contribution in [0.1, 0.15) is 20.8 Å². The molecule has 2 unspecified atom stereocenters. The largest absolute Gasteiger partial charge is 0.389 e. The zero-order chi connectivity index (χ0) is 10.1. The summed E-state index contributed by atoms with van der Waals surface area (Å²) >= 11 is 0. The van der Waals surface area contributed by atoms with Crippen LogP contribution >= 0.6 is 0 Å². The van der Waals surface area contributed by atoms with E-state index in [9.17, 15) is 9.90 Å². The Kier molecular flexibility index (Phi) is 2.90. The van der Waals surface area contributed by atoms with E-state index in [2.05, 4.69) is 10.8 Å². The first-order chi connectivity index (χ1) is 5.91. The normalized spacial score (nSPS) is 25.8. The number of hydrogen-bond donors (Lipinski definition) is 3. The van der Waals surface area contributed by atoms with Crippen molar-refractivity contribution in [2.75, 3.05) is 6.61 Å². The maximum Gasteiger partial charge on any atom is 0.263 e. The van der Waals surface area contributed by atoms with Crippen LogP contribution in [0.4, 0.5) is 0 Å². The Hall–Kier alpha value is -0.650. The van der Waals surface area contributed by atoms with Crippen molar-refractivity contribution < 1.29 is 14.7 Å². The number of rotatable bonds is 3. The molecule has 1 aliphatic rings. The lowest BCUT2D eigenvalue weighted by atomic mass is 10.00. The Bertz CT molecular complexity index is 200. The molecular formula is C8H16N2O3. The smallest absolute Gasteiger partial charge is 0.263 e. The average molecular weight is 188 g/mol. The lowest BCUT2D eigenvalue weighted by Crippen LogP contribution is -2.51. The van der Waals surface area contributed by atoms with E-state index in [-0.39, 0.29) is 18.0 Å². The number of nitrogens with one attached hydrogen (secondary N) is 2. The van der Waals surface area contributed by atoms with Gasteiger partial charge in [-0.2, -0.15) is 0 Å². The molecular weight excluding hydrogens is 172 g/mol. The molecule has 0 saturated carbocycles. The number of hydroxylamine groups is 1. The minimum atomic E-state index is -0.844. The van der Waals surface area contributed by atoms with Gasteiger partial charge in [0, 0.05) is 6.04 Å². The minimum absolute atomic E-state index is 0.162.